The molecule has 0 amide bonds. The Labute approximate surface area is 413 Å². The van der Waals surface area contributed by atoms with E-state index in [-0.39, 0.29) is 37.3 Å². The first-order valence-electron chi connectivity index (χ1n) is 23.5. The van der Waals surface area contributed by atoms with E-state index in [1.54, 1.807) is 0 Å². The Morgan fingerprint density at radius 2 is 1.24 bits per heavy atom. The molecule has 0 saturated carbocycles. The van der Waals surface area contributed by atoms with E-state index in [0.29, 0.717) is 23.3 Å². The molecule has 0 atom stereocenters. The van der Waals surface area contributed by atoms with Gasteiger partial charge in [0.2, 0.25) is 0 Å². The van der Waals surface area contributed by atoms with Gasteiger partial charge in [0.25, 0.3) is 0 Å². The average molecular weight is 1060 g/mol. The first kappa shape index (κ1) is 47.6. The molecule has 67 heavy (non-hydrogen) atoms. The third-order valence-corrected chi connectivity index (χ3v) is 13.3. The van der Waals surface area contributed by atoms with Crippen LogP contribution in [0.2, 0.25) is 0 Å². The summed E-state index contributed by atoms with van der Waals surface area (Å²) in [5.41, 5.74) is 13.5. The molecular weight excluding hydrogens is 1000 g/mol. The molecule has 0 unspecified atom stereocenters. The van der Waals surface area contributed by atoms with Crippen molar-refractivity contribution in [1.82, 2.24) is 9.55 Å². The van der Waals surface area contributed by atoms with Gasteiger partial charge in [-0.2, -0.15) is 6.07 Å². The van der Waals surface area contributed by atoms with Crippen LogP contribution in [0.1, 0.15) is 134 Å². The van der Waals surface area contributed by atoms with Crippen LogP contribution in [-0.4, -0.2) is 9.55 Å². The second-order valence-corrected chi connectivity index (χ2v) is 21.1. The molecule has 6 aromatic carbocycles. The van der Waals surface area contributed by atoms with Gasteiger partial charge in [-0.05, 0) is 92.4 Å². The second-order valence-electron chi connectivity index (χ2n) is 21.1. The molecule has 9 rings (SSSR count). The van der Waals surface area contributed by atoms with Gasteiger partial charge in [-0.1, -0.05) is 167 Å². The van der Waals surface area contributed by atoms with Gasteiger partial charge in [0.15, 0.2) is 0 Å². The largest absolute Gasteiger partial charge is 0.509 e. The van der Waals surface area contributed by atoms with Crippen molar-refractivity contribution in [1.29, 1.82) is 0 Å². The van der Waals surface area contributed by atoms with Gasteiger partial charge >= 0.3 is 0 Å². The SMILES string of the molecule is CC(C)c1cccc(C(C)C)c1C1=CN(c2cccc(C(C)(C)c3ccccc3)c2)[CH-]N1c1[c-]c(Oc2[c-]c3c(cc2)c2ccccc2n3-c2cc(C(C)(C)C)ccn2)cc(C(C)(C)C)c1.[Pt]. The van der Waals surface area contributed by atoms with Crippen molar-refractivity contribution in [2.45, 2.75) is 111 Å². The number of ether oxygens (including phenoxy) is 1. The Morgan fingerprint density at radius 3 is 1.93 bits per heavy atom. The molecule has 0 bridgehead atoms. The molecule has 3 heterocycles. The summed E-state index contributed by atoms with van der Waals surface area (Å²) in [7, 11) is 0. The summed E-state index contributed by atoms with van der Waals surface area (Å²) >= 11 is 0. The zero-order valence-corrected chi connectivity index (χ0v) is 43.4. The molecule has 8 aromatic rings. The fraction of sp³-hybridized carbons (Fsp3) is 0.279. The monoisotopic (exact) mass is 1060 g/mol. The number of hydrogen-bond donors (Lipinski definition) is 0. The second kappa shape index (κ2) is 18.3. The first-order chi connectivity index (χ1) is 31.4. The summed E-state index contributed by atoms with van der Waals surface area (Å²) in [6.07, 6.45) is 4.22. The van der Waals surface area contributed by atoms with Crippen molar-refractivity contribution in [2.75, 3.05) is 9.80 Å². The molecule has 346 valence electrons. The van der Waals surface area contributed by atoms with Crippen LogP contribution in [0.3, 0.4) is 0 Å². The summed E-state index contributed by atoms with van der Waals surface area (Å²) in [5, 5.41) is 2.24. The molecule has 2 aromatic heterocycles. The molecular formula is C61H63N4OPt-3. The fourth-order valence-corrected chi connectivity index (χ4v) is 9.30. The average Bonchev–Trinajstić information content (AvgIpc) is 3.88. The number of benzene rings is 6. The van der Waals surface area contributed by atoms with Crippen LogP contribution in [0.25, 0.3) is 33.3 Å². The van der Waals surface area contributed by atoms with E-state index in [2.05, 4.69) is 250 Å². The minimum atomic E-state index is -0.194. The molecule has 6 heteroatoms. The zero-order valence-electron chi connectivity index (χ0n) is 41.1. The quantitative estimate of drug-likeness (QED) is 0.128. The standard InChI is InChI=1S/C61H63N4O.Pt/c1-40(2)50-25-19-26-51(41(3)4)58(50)56-38-63(46-23-18-22-44(32-46)61(11,12)42-20-14-13-15-21-42)39-64(56)47-33-45(60(8,9)10)34-49(36-47)66-48-28-29-53-52-24-16-17-27-54(52)65(55(53)37-48)57-35-43(30-31-62-57)59(5,6)7;/h13-35,38-41H,1-12H3;/q-3;. The van der Waals surface area contributed by atoms with Crippen LogP contribution in [0.4, 0.5) is 11.4 Å². The Balaban J connectivity index is 0.00000608. The van der Waals surface area contributed by atoms with Crippen molar-refractivity contribution in [3.63, 3.8) is 0 Å². The first-order valence-corrected chi connectivity index (χ1v) is 23.5. The number of para-hydroxylation sites is 1. The van der Waals surface area contributed by atoms with E-state index >= 15 is 0 Å². The number of rotatable bonds is 10. The predicted molar refractivity (Wildman–Crippen MR) is 277 cm³/mol. The fourth-order valence-electron chi connectivity index (χ4n) is 9.30. The van der Waals surface area contributed by atoms with Crippen LogP contribution < -0.4 is 14.5 Å². The normalized spacial score (nSPS) is 13.5. The van der Waals surface area contributed by atoms with Gasteiger partial charge in [-0.15, -0.1) is 53.6 Å². The number of aromatic nitrogens is 2. The Morgan fingerprint density at radius 1 is 0.582 bits per heavy atom. The Bertz CT molecular complexity index is 3080. The van der Waals surface area contributed by atoms with Crippen molar-refractivity contribution >= 4 is 38.9 Å². The van der Waals surface area contributed by atoms with Crippen LogP contribution >= 0.6 is 0 Å². The predicted octanol–water partition coefficient (Wildman–Crippen LogP) is 16.2. The van der Waals surface area contributed by atoms with E-state index in [0.717, 1.165) is 50.3 Å². The summed E-state index contributed by atoms with van der Waals surface area (Å²) in [6, 6.07) is 55.5. The van der Waals surface area contributed by atoms with E-state index in [1.807, 2.05) is 12.3 Å². The van der Waals surface area contributed by atoms with Crippen LogP contribution in [0, 0.1) is 18.8 Å². The maximum absolute atomic E-state index is 6.94. The summed E-state index contributed by atoms with van der Waals surface area (Å²) in [6.45, 7) is 29.5. The summed E-state index contributed by atoms with van der Waals surface area (Å²) in [4.78, 5) is 9.51. The molecule has 1 aliphatic rings. The van der Waals surface area contributed by atoms with Gasteiger partial charge in [0.1, 0.15) is 5.82 Å². The van der Waals surface area contributed by atoms with Gasteiger partial charge < -0.3 is 19.1 Å². The van der Waals surface area contributed by atoms with Gasteiger partial charge in [0.05, 0.1) is 0 Å². The van der Waals surface area contributed by atoms with Gasteiger partial charge in [-0.25, -0.2) is 4.98 Å². The van der Waals surface area contributed by atoms with Crippen molar-refractivity contribution in [3.8, 4) is 17.3 Å². The third-order valence-electron chi connectivity index (χ3n) is 13.3. The maximum atomic E-state index is 6.94. The topological polar surface area (TPSA) is 33.5 Å². The van der Waals surface area contributed by atoms with E-state index < -0.39 is 0 Å². The molecule has 0 radical (unpaired) electrons. The third kappa shape index (κ3) is 9.25. The van der Waals surface area contributed by atoms with E-state index in [4.69, 9.17) is 9.72 Å². The Hall–Kier alpha value is -5.90. The number of pyridine rings is 1. The number of nitrogens with zero attached hydrogens (tertiary/aromatic N) is 4. The molecule has 0 N–H and O–H groups in total. The minimum Gasteiger partial charge on any atom is -0.509 e. The minimum absolute atomic E-state index is 0. The molecule has 0 fully saturated rings. The number of fused-ring (bicyclic) bond motifs is 3. The van der Waals surface area contributed by atoms with Crippen LogP contribution in [0.15, 0.2) is 146 Å². The number of hydrogen-bond acceptors (Lipinski definition) is 4. The maximum Gasteiger partial charge on any atom is 0.135 e. The van der Waals surface area contributed by atoms with Gasteiger partial charge in [0, 0.05) is 66.6 Å². The molecule has 1 aliphatic heterocycles. The summed E-state index contributed by atoms with van der Waals surface area (Å²) in [5.74, 6) is 2.71. The van der Waals surface area contributed by atoms with Gasteiger partial charge in [-0.3, -0.25) is 0 Å². The van der Waals surface area contributed by atoms with Crippen molar-refractivity contribution < 1.29 is 25.8 Å². The smallest absolute Gasteiger partial charge is 0.135 e. The molecule has 5 nitrogen and oxygen atoms in total. The number of anilines is 2. The van der Waals surface area contributed by atoms with Crippen LogP contribution in [-0.2, 0) is 37.3 Å². The summed E-state index contributed by atoms with van der Waals surface area (Å²) < 4.78 is 9.16. The van der Waals surface area contributed by atoms with Crippen LogP contribution in [0.5, 0.6) is 11.5 Å². The van der Waals surface area contributed by atoms with E-state index in [9.17, 15) is 0 Å². The van der Waals surface area contributed by atoms with E-state index in [1.165, 1.54) is 33.4 Å². The molecule has 0 saturated heterocycles. The van der Waals surface area contributed by atoms with Crippen molar-refractivity contribution in [3.05, 3.63) is 204 Å². The Kier molecular flexibility index (Phi) is 13.0. The molecule has 0 aliphatic carbocycles. The zero-order chi connectivity index (χ0) is 46.7. The van der Waals surface area contributed by atoms with Crippen molar-refractivity contribution in [2.24, 2.45) is 0 Å². The molecule has 0 spiro atoms.